The van der Waals surface area contributed by atoms with Crippen molar-refractivity contribution in [2.75, 3.05) is 13.7 Å². The number of nitrogens with one attached hydrogen (secondary N) is 1. The summed E-state index contributed by atoms with van der Waals surface area (Å²) in [7, 11) is 1.44. The quantitative estimate of drug-likeness (QED) is 0.657. The van der Waals surface area contributed by atoms with Crippen molar-refractivity contribution in [2.45, 2.75) is 25.2 Å². The molecule has 0 aliphatic carbocycles. The van der Waals surface area contributed by atoms with E-state index in [9.17, 15) is 15.0 Å². The highest BCUT2D eigenvalue weighted by molar-refractivity contribution is 5.67. The lowest BCUT2D eigenvalue weighted by Gasteiger charge is -2.20. The van der Waals surface area contributed by atoms with Gasteiger partial charge in [0.2, 0.25) is 0 Å². The summed E-state index contributed by atoms with van der Waals surface area (Å²) < 4.78 is 10.2. The molecule has 0 aliphatic rings. The van der Waals surface area contributed by atoms with Gasteiger partial charge in [-0.3, -0.25) is 0 Å². The number of carbonyl (C=O) groups excluding carboxylic acids is 1. The number of benzene rings is 2. The number of nitrogens with zero attached hydrogens (tertiary/aromatic N) is 1. The highest BCUT2D eigenvalue weighted by Crippen LogP contribution is 2.29. The van der Waals surface area contributed by atoms with Crippen LogP contribution in [0.25, 0.3) is 0 Å². The van der Waals surface area contributed by atoms with Crippen LogP contribution in [0.3, 0.4) is 0 Å². The van der Waals surface area contributed by atoms with E-state index in [0.29, 0.717) is 16.9 Å². The van der Waals surface area contributed by atoms with Gasteiger partial charge in [-0.1, -0.05) is 30.3 Å². The van der Waals surface area contributed by atoms with E-state index >= 15 is 0 Å². The third kappa shape index (κ3) is 5.99. The Morgan fingerprint density at radius 1 is 1.22 bits per heavy atom. The molecular weight excluding hydrogens is 348 g/mol. The minimum absolute atomic E-state index is 0.0987. The third-order valence-corrected chi connectivity index (χ3v) is 3.96. The van der Waals surface area contributed by atoms with Gasteiger partial charge >= 0.3 is 6.09 Å². The lowest BCUT2D eigenvalue weighted by Crippen LogP contribution is -2.30. The second kappa shape index (κ2) is 10.2. The molecule has 0 saturated carbocycles. The topological polar surface area (TPSA) is 112 Å². The number of amides is 1. The number of hydrogen-bond donors (Lipinski definition) is 3. The second-order valence-electron chi connectivity index (χ2n) is 5.86. The van der Waals surface area contributed by atoms with Crippen molar-refractivity contribution in [2.24, 2.45) is 0 Å². The molecule has 0 fully saturated rings. The highest BCUT2D eigenvalue weighted by Gasteiger charge is 2.22. The van der Waals surface area contributed by atoms with E-state index in [2.05, 4.69) is 5.32 Å². The standard InChI is InChI=1S/C20H22N2O5/c1-26-18-8-7-15(12-21)11-16(18)19(24)17(23)9-10-22-20(25)27-13-14-5-3-2-4-6-14/h2-8,11,17,19,23-24H,9-10,13H2,1H3,(H,22,25). The SMILES string of the molecule is COc1ccc(C#N)cc1C(O)C(O)CCNC(=O)OCc1ccccc1. The molecule has 3 N–H and O–H groups in total. The molecular formula is C20H22N2O5. The van der Waals surface area contributed by atoms with Crippen molar-refractivity contribution in [3.63, 3.8) is 0 Å². The first kappa shape index (κ1) is 20.2. The molecule has 2 atom stereocenters. The summed E-state index contributed by atoms with van der Waals surface area (Å²) in [5, 5.41) is 32.1. The Morgan fingerprint density at radius 2 is 1.96 bits per heavy atom. The van der Waals surface area contributed by atoms with Gasteiger partial charge in [-0.05, 0) is 30.2 Å². The monoisotopic (exact) mass is 370 g/mol. The number of carbonyl (C=O) groups is 1. The number of ether oxygens (including phenoxy) is 2. The van der Waals surface area contributed by atoms with Crippen LogP contribution < -0.4 is 10.1 Å². The summed E-state index contributed by atoms with van der Waals surface area (Å²) in [5.41, 5.74) is 1.53. The van der Waals surface area contributed by atoms with Crippen LogP contribution in [0.2, 0.25) is 0 Å². The Morgan fingerprint density at radius 3 is 2.63 bits per heavy atom. The molecule has 1 amide bonds. The lowest BCUT2D eigenvalue weighted by atomic mass is 9.99. The van der Waals surface area contributed by atoms with Crippen molar-refractivity contribution >= 4 is 6.09 Å². The van der Waals surface area contributed by atoms with E-state index in [1.165, 1.54) is 13.2 Å². The van der Waals surface area contributed by atoms with Gasteiger partial charge in [0.25, 0.3) is 0 Å². The molecule has 0 saturated heterocycles. The second-order valence-corrected chi connectivity index (χ2v) is 5.86. The van der Waals surface area contributed by atoms with Crippen LogP contribution in [0.15, 0.2) is 48.5 Å². The summed E-state index contributed by atoms with van der Waals surface area (Å²) in [5.74, 6) is 0.371. The van der Waals surface area contributed by atoms with E-state index in [-0.39, 0.29) is 19.6 Å². The number of hydrogen-bond acceptors (Lipinski definition) is 6. The van der Waals surface area contributed by atoms with Crippen LogP contribution in [0.5, 0.6) is 5.75 Å². The fourth-order valence-electron chi connectivity index (χ4n) is 2.50. The number of alkyl carbamates (subject to hydrolysis) is 1. The van der Waals surface area contributed by atoms with Crippen LogP contribution in [0.4, 0.5) is 4.79 Å². The van der Waals surface area contributed by atoms with Gasteiger partial charge in [0.15, 0.2) is 0 Å². The number of aliphatic hydroxyl groups excluding tert-OH is 2. The predicted octanol–water partition coefficient (Wildman–Crippen LogP) is 2.28. The van der Waals surface area contributed by atoms with Crippen molar-refractivity contribution in [1.82, 2.24) is 5.32 Å². The van der Waals surface area contributed by atoms with E-state index in [4.69, 9.17) is 14.7 Å². The molecule has 7 nitrogen and oxygen atoms in total. The van der Waals surface area contributed by atoms with E-state index < -0.39 is 18.3 Å². The molecule has 0 bridgehead atoms. The summed E-state index contributed by atoms with van der Waals surface area (Å²) in [6.07, 6.45) is -2.91. The average Bonchev–Trinajstić information content (AvgIpc) is 2.71. The van der Waals surface area contributed by atoms with Gasteiger partial charge in [-0.15, -0.1) is 0 Å². The van der Waals surface area contributed by atoms with Crippen molar-refractivity contribution in [3.8, 4) is 11.8 Å². The van der Waals surface area contributed by atoms with Gasteiger partial charge < -0.3 is 25.0 Å². The van der Waals surface area contributed by atoms with Crippen molar-refractivity contribution in [3.05, 3.63) is 65.2 Å². The normalized spacial score (nSPS) is 12.5. The maximum atomic E-state index is 11.7. The van der Waals surface area contributed by atoms with E-state index in [1.807, 2.05) is 36.4 Å². The van der Waals surface area contributed by atoms with Crippen LogP contribution in [-0.2, 0) is 11.3 Å². The number of nitriles is 1. The van der Waals surface area contributed by atoms with Crippen LogP contribution >= 0.6 is 0 Å². The van der Waals surface area contributed by atoms with Gasteiger partial charge in [0.05, 0.1) is 24.8 Å². The first-order chi connectivity index (χ1) is 13.0. The van der Waals surface area contributed by atoms with E-state index in [1.54, 1.807) is 12.1 Å². The minimum Gasteiger partial charge on any atom is -0.496 e. The predicted molar refractivity (Wildman–Crippen MR) is 97.9 cm³/mol. The molecule has 0 heterocycles. The molecule has 2 rings (SSSR count). The van der Waals surface area contributed by atoms with Gasteiger partial charge in [0.1, 0.15) is 18.5 Å². The molecule has 0 aliphatic heterocycles. The Hall–Kier alpha value is -3.08. The summed E-state index contributed by atoms with van der Waals surface area (Å²) in [6.45, 7) is 0.266. The molecule has 27 heavy (non-hydrogen) atoms. The van der Waals surface area contributed by atoms with Gasteiger partial charge in [-0.2, -0.15) is 5.26 Å². The maximum Gasteiger partial charge on any atom is 0.407 e. The largest absolute Gasteiger partial charge is 0.496 e. The number of aliphatic hydroxyl groups is 2. The fourth-order valence-corrected chi connectivity index (χ4v) is 2.50. The molecule has 2 aromatic rings. The molecule has 0 radical (unpaired) electrons. The third-order valence-electron chi connectivity index (χ3n) is 3.96. The van der Waals surface area contributed by atoms with E-state index in [0.717, 1.165) is 5.56 Å². The Labute approximate surface area is 157 Å². The first-order valence-electron chi connectivity index (χ1n) is 8.44. The van der Waals surface area contributed by atoms with Gasteiger partial charge in [0, 0.05) is 12.1 Å². The smallest absolute Gasteiger partial charge is 0.407 e. The maximum absolute atomic E-state index is 11.7. The zero-order chi connectivity index (χ0) is 19.6. The zero-order valence-electron chi connectivity index (χ0n) is 15.0. The number of methoxy groups -OCH3 is 1. The summed E-state index contributed by atoms with van der Waals surface area (Å²) >= 11 is 0. The minimum atomic E-state index is -1.25. The van der Waals surface area contributed by atoms with Crippen molar-refractivity contribution in [1.29, 1.82) is 5.26 Å². The van der Waals surface area contributed by atoms with Crippen LogP contribution in [0.1, 0.15) is 29.2 Å². The Bertz CT molecular complexity index is 789. The molecule has 7 heteroatoms. The Balaban J connectivity index is 1.82. The molecule has 0 spiro atoms. The molecule has 2 aromatic carbocycles. The molecule has 0 aromatic heterocycles. The summed E-state index contributed by atoms with van der Waals surface area (Å²) in [6, 6.07) is 15.8. The summed E-state index contributed by atoms with van der Waals surface area (Å²) in [4.78, 5) is 11.7. The first-order valence-corrected chi connectivity index (χ1v) is 8.44. The van der Waals surface area contributed by atoms with Crippen molar-refractivity contribution < 1.29 is 24.5 Å². The highest BCUT2D eigenvalue weighted by atomic mass is 16.5. The average molecular weight is 370 g/mol. The van der Waals surface area contributed by atoms with Crippen LogP contribution in [-0.4, -0.2) is 36.1 Å². The fraction of sp³-hybridized carbons (Fsp3) is 0.300. The molecule has 142 valence electrons. The lowest BCUT2D eigenvalue weighted by molar-refractivity contribution is 0.0123. The number of rotatable bonds is 8. The molecule has 2 unspecified atom stereocenters. The Kier molecular flexibility index (Phi) is 7.62. The van der Waals surface area contributed by atoms with Gasteiger partial charge in [-0.25, -0.2) is 4.79 Å². The zero-order valence-corrected chi connectivity index (χ0v) is 15.0. The van der Waals surface area contributed by atoms with Crippen LogP contribution in [0, 0.1) is 11.3 Å².